The second kappa shape index (κ2) is 9.61. The van der Waals surface area contributed by atoms with E-state index in [2.05, 4.69) is 15.7 Å². The van der Waals surface area contributed by atoms with Crippen LogP contribution >= 0.6 is 0 Å². The van der Waals surface area contributed by atoms with Crippen LogP contribution in [0.3, 0.4) is 0 Å². The Balaban J connectivity index is 1.47. The summed E-state index contributed by atoms with van der Waals surface area (Å²) in [4.78, 5) is 40.4. The van der Waals surface area contributed by atoms with Crippen molar-refractivity contribution < 1.29 is 19.1 Å². The van der Waals surface area contributed by atoms with Crippen molar-refractivity contribution in [2.45, 2.75) is 39.0 Å². The number of carbonyl (C=O) groups is 3. The van der Waals surface area contributed by atoms with Gasteiger partial charge in [0.25, 0.3) is 11.8 Å². The molecule has 0 unspecified atom stereocenters. The van der Waals surface area contributed by atoms with Gasteiger partial charge in [0.2, 0.25) is 5.91 Å². The molecule has 3 amide bonds. The van der Waals surface area contributed by atoms with Crippen molar-refractivity contribution in [3.8, 4) is 5.75 Å². The lowest BCUT2D eigenvalue weighted by Crippen LogP contribution is -2.62. The third-order valence-corrected chi connectivity index (χ3v) is 6.43. The van der Waals surface area contributed by atoms with Gasteiger partial charge in [-0.05, 0) is 25.5 Å². The van der Waals surface area contributed by atoms with E-state index in [4.69, 9.17) is 4.74 Å². The zero-order valence-corrected chi connectivity index (χ0v) is 20.3. The Morgan fingerprint density at radius 1 is 1.09 bits per heavy atom. The number of ether oxygens (including phenoxy) is 1. The van der Waals surface area contributed by atoms with Crippen LogP contribution in [-0.2, 0) is 24.4 Å². The Kier molecular flexibility index (Phi) is 6.59. The van der Waals surface area contributed by atoms with Crippen LogP contribution in [-0.4, -0.2) is 52.1 Å². The summed E-state index contributed by atoms with van der Waals surface area (Å²) in [5.74, 6) is -0.419. The van der Waals surface area contributed by atoms with Gasteiger partial charge in [0, 0.05) is 31.8 Å². The molecule has 0 saturated carbocycles. The lowest BCUT2D eigenvalue weighted by Gasteiger charge is -2.40. The molecule has 4 rings (SSSR count). The van der Waals surface area contributed by atoms with Gasteiger partial charge in [0.15, 0.2) is 5.69 Å². The number of likely N-dealkylation sites (N-methyl/N-ethyl adjacent to an activating group) is 1. The van der Waals surface area contributed by atoms with E-state index in [1.807, 2.05) is 55.5 Å². The van der Waals surface area contributed by atoms with Gasteiger partial charge in [-0.25, -0.2) is 0 Å². The average Bonchev–Trinajstić information content (AvgIpc) is 3.29. The molecule has 0 spiro atoms. The fourth-order valence-electron chi connectivity index (χ4n) is 4.03. The molecule has 1 aliphatic rings. The number of fused-ring (bicyclic) bond motifs is 1. The minimum absolute atomic E-state index is 0.112. The summed E-state index contributed by atoms with van der Waals surface area (Å²) in [5.41, 5.74) is 2.14. The van der Waals surface area contributed by atoms with Crippen LogP contribution in [0.15, 0.2) is 54.6 Å². The van der Waals surface area contributed by atoms with Crippen LogP contribution < -0.4 is 15.4 Å². The number of nitrogens with one attached hydrogen (secondary N) is 2. The summed E-state index contributed by atoms with van der Waals surface area (Å²) in [7, 11) is 3.16. The SMILES string of the molecule is COc1ccccc1CNC(=O)c1cc2n(n1)C[C@@](C)(C(=O)NCc1ccc(C)cc1)N(C)C2=O. The summed E-state index contributed by atoms with van der Waals surface area (Å²) in [5, 5.41) is 10.1. The first kappa shape index (κ1) is 24.0. The molecule has 9 heteroatoms. The van der Waals surface area contributed by atoms with Crippen molar-refractivity contribution in [3.05, 3.63) is 82.7 Å². The lowest BCUT2D eigenvalue weighted by atomic mass is 9.95. The average molecular weight is 476 g/mol. The van der Waals surface area contributed by atoms with E-state index >= 15 is 0 Å². The minimum Gasteiger partial charge on any atom is -0.496 e. The third kappa shape index (κ3) is 4.75. The summed E-state index contributed by atoms with van der Waals surface area (Å²) in [6.45, 7) is 4.42. The molecule has 1 aromatic heterocycles. The monoisotopic (exact) mass is 475 g/mol. The number of benzene rings is 2. The van der Waals surface area contributed by atoms with E-state index in [1.165, 1.54) is 15.6 Å². The predicted octanol–water partition coefficient (Wildman–Crippen LogP) is 2.29. The van der Waals surface area contributed by atoms with E-state index in [0.29, 0.717) is 12.3 Å². The molecule has 9 nitrogen and oxygen atoms in total. The van der Waals surface area contributed by atoms with Crippen LogP contribution in [0.2, 0.25) is 0 Å². The van der Waals surface area contributed by atoms with Crippen LogP contribution in [0, 0.1) is 6.92 Å². The predicted molar refractivity (Wildman–Crippen MR) is 130 cm³/mol. The zero-order chi connectivity index (χ0) is 25.2. The highest BCUT2D eigenvalue weighted by molar-refractivity contribution is 6.01. The van der Waals surface area contributed by atoms with E-state index in [9.17, 15) is 14.4 Å². The number of aryl methyl sites for hydroxylation is 1. The zero-order valence-electron chi connectivity index (χ0n) is 20.3. The molecule has 0 saturated heterocycles. The van der Waals surface area contributed by atoms with E-state index < -0.39 is 11.4 Å². The first-order valence-corrected chi connectivity index (χ1v) is 11.3. The highest BCUT2D eigenvalue weighted by Crippen LogP contribution is 2.26. The van der Waals surface area contributed by atoms with Crippen molar-refractivity contribution >= 4 is 17.7 Å². The molecule has 1 aliphatic heterocycles. The molecular formula is C26H29N5O4. The summed E-state index contributed by atoms with van der Waals surface area (Å²) in [6, 6.07) is 16.7. The third-order valence-electron chi connectivity index (χ3n) is 6.43. The molecule has 0 fully saturated rings. The molecule has 182 valence electrons. The van der Waals surface area contributed by atoms with E-state index in [-0.39, 0.29) is 36.3 Å². The highest BCUT2D eigenvalue weighted by Gasteiger charge is 2.46. The van der Waals surface area contributed by atoms with Crippen LogP contribution in [0.25, 0.3) is 0 Å². The maximum Gasteiger partial charge on any atom is 0.272 e. The van der Waals surface area contributed by atoms with Crippen molar-refractivity contribution in [2.24, 2.45) is 0 Å². The maximum atomic E-state index is 13.1. The van der Waals surface area contributed by atoms with Crippen molar-refractivity contribution in [2.75, 3.05) is 14.2 Å². The quantitative estimate of drug-likeness (QED) is 0.546. The smallest absolute Gasteiger partial charge is 0.272 e. The normalized spacial score (nSPS) is 17.0. The lowest BCUT2D eigenvalue weighted by molar-refractivity contribution is -0.132. The van der Waals surface area contributed by atoms with E-state index in [0.717, 1.165) is 16.7 Å². The standard InChI is InChI=1S/C26H29N5O4/c1-17-9-11-18(12-10-17)14-28-25(34)26(2)16-31-21(24(33)30(26)3)13-20(29-31)23(32)27-15-19-7-5-6-8-22(19)35-4/h5-13H,14-16H2,1-4H3,(H,27,32)(H,28,34)/t26-/m0/s1. The van der Waals surface area contributed by atoms with Crippen LogP contribution in [0.5, 0.6) is 5.75 Å². The summed E-state index contributed by atoms with van der Waals surface area (Å²) < 4.78 is 6.75. The molecule has 2 aromatic carbocycles. The number of hydrogen-bond donors (Lipinski definition) is 2. The second-order valence-corrected chi connectivity index (χ2v) is 8.87. The minimum atomic E-state index is -1.16. The Hall–Kier alpha value is -4.14. The van der Waals surface area contributed by atoms with Gasteiger partial charge in [0.1, 0.15) is 17.0 Å². The summed E-state index contributed by atoms with van der Waals surface area (Å²) in [6.07, 6.45) is 0. The Morgan fingerprint density at radius 3 is 2.51 bits per heavy atom. The molecular weight excluding hydrogens is 446 g/mol. The van der Waals surface area contributed by atoms with Crippen molar-refractivity contribution in [1.29, 1.82) is 0 Å². The first-order chi connectivity index (χ1) is 16.7. The topological polar surface area (TPSA) is 106 Å². The second-order valence-electron chi connectivity index (χ2n) is 8.87. The number of methoxy groups -OCH3 is 1. The van der Waals surface area contributed by atoms with Crippen LogP contribution in [0.1, 0.15) is 44.6 Å². The molecule has 3 aromatic rings. The molecule has 1 atom stereocenters. The maximum absolute atomic E-state index is 13.1. The molecule has 2 heterocycles. The number of aromatic nitrogens is 2. The number of nitrogens with zero attached hydrogens (tertiary/aromatic N) is 3. The highest BCUT2D eigenvalue weighted by atomic mass is 16.5. The fourth-order valence-corrected chi connectivity index (χ4v) is 4.03. The molecule has 35 heavy (non-hydrogen) atoms. The van der Waals surface area contributed by atoms with Gasteiger partial charge in [-0.1, -0.05) is 48.0 Å². The number of amides is 3. The largest absolute Gasteiger partial charge is 0.496 e. The Bertz CT molecular complexity index is 1270. The number of rotatable bonds is 7. The van der Waals surface area contributed by atoms with Crippen LogP contribution in [0.4, 0.5) is 0 Å². The summed E-state index contributed by atoms with van der Waals surface area (Å²) >= 11 is 0. The van der Waals surface area contributed by atoms with Gasteiger partial charge in [0.05, 0.1) is 13.7 Å². The molecule has 0 aliphatic carbocycles. The molecule has 2 N–H and O–H groups in total. The Labute approximate surface area is 204 Å². The first-order valence-electron chi connectivity index (χ1n) is 11.3. The van der Waals surface area contributed by atoms with Gasteiger partial charge >= 0.3 is 0 Å². The molecule has 0 bridgehead atoms. The van der Waals surface area contributed by atoms with Gasteiger partial charge in [-0.3, -0.25) is 19.1 Å². The number of para-hydroxylation sites is 1. The fraction of sp³-hybridized carbons (Fsp3) is 0.308. The number of hydrogen-bond acceptors (Lipinski definition) is 5. The number of carbonyl (C=O) groups excluding carboxylic acids is 3. The van der Waals surface area contributed by atoms with Gasteiger partial charge < -0.3 is 20.3 Å². The van der Waals surface area contributed by atoms with Crippen molar-refractivity contribution in [1.82, 2.24) is 25.3 Å². The van der Waals surface area contributed by atoms with Crippen molar-refractivity contribution in [3.63, 3.8) is 0 Å². The van der Waals surface area contributed by atoms with Gasteiger partial charge in [-0.15, -0.1) is 0 Å². The Morgan fingerprint density at radius 2 is 1.80 bits per heavy atom. The van der Waals surface area contributed by atoms with Gasteiger partial charge in [-0.2, -0.15) is 5.10 Å². The molecule has 0 radical (unpaired) electrons. The van der Waals surface area contributed by atoms with E-state index in [1.54, 1.807) is 21.1 Å².